The van der Waals surface area contributed by atoms with Gasteiger partial charge in [-0.1, -0.05) is 12.1 Å². The fourth-order valence-electron chi connectivity index (χ4n) is 1.19. The Balaban J connectivity index is 2.92. The molecule has 0 spiro atoms. The lowest BCUT2D eigenvalue weighted by atomic mass is 10.1. The third-order valence-corrected chi connectivity index (χ3v) is 1.62. The fraction of sp³-hybridized carbons (Fsp3) is 0.455. The van der Waals surface area contributed by atoms with Crippen molar-refractivity contribution in [3.8, 4) is 5.75 Å². The van der Waals surface area contributed by atoms with Crippen LogP contribution >= 0.6 is 0 Å². The minimum atomic E-state index is -4.67. The lowest BCUT2D eigenvalue weighted by Gasteiger charge is -2.24. The highest BCUT2D eigenvalue weighted by Crippen LogP contribution is 2.31. The van der Waals surface area contributed by atoms with Crippen LogP contribution in [-0.2, 0) is 0 Å². The van der Waals surface area contributed by atoms with Crippen molar-refractivity contribution >= 4 is 5.69 Å². The van der Waals surface area contributed by atoms with Crippen LogP contribution in [0.25, 0.3) is 0 Å². The number of ether oxygens (including phenoxy) is 1. The second kappa shape index (κ2) is 4.23. The minimum Gasteiger partial charge on any atom is -0.404 e. The van der Waals surface area contributed by atoms with E-state index >= 15 is 0 Å². The van der Waals surface area contributed by atoms with Crippen LogP contribution in [-0.4, -0.2) is 11.9 Å². The van der Waals surface area contributed by atoms with Gasteiger partial charge < -0.3 is 10.1 Å². The number of benzene rings is 1. The van der Waals surface area contributed by atoms with E-state index in [1.807, 2.05) is 20.8 Å². The summed E-state index contributed by atoms with van der Waals surface area (Å²) in [6.45, 7) is 5.58. The first-order valence-corrected chi connectivity index (χ1v) is 4.80. The van der Waals surface area contributed by atoms with Crippen molar-refractivity contribution in [2.24, 2.45) is 0 Å². The molecule has 0 aliphatic carbocycles. The summed E-state index contributed by atoms with van der Waals surface area (Å²) in [5.41, 5.74) is -0.00208. The van der Waals surface area contributed by atoms with E-state index in [1.165, 1.54) is 12.1 Å². The van der Waals surface area contributed by atoms with E-state index in [0.717, 1.165) is 0 Å². The molecule has 5 heteroatoms. The molecule has 0 aliphatic heterocycles. The predicted octanol–water partition coefficient (Wildman–Crippen LogP) is 3.80. The monoisotopic (exact) mass is 233 g/mol. The maximum atomic E-state index is 12.1. The molecule has 90 valence electrons. The van der Waals surface area contributed by atoms with E-state index in [9.17, 15) is 13.2 Å². The molecule has 0 heterocycles. The lowest BCUT2D eigenvalue weighted by Crippen LogP contribution is -2.27. The van der Waals surface area contributed by atoms with Gasteiger partial charge in [0.05, 0.1) is 5.69 Å². The highest BCUT2D eigenvalue weighted by molar-refractivity contribution is 5.57. The highest BCUT2D eigenvalue weighted by atomic mass is 19.4. The molecule has 0 atom stereocenters. The number of halogens is 3. The number of hydrogen-bond acceptors (Lipinski definition) is 2. The van der Waals surface area contributed by atoms with Gasteiger partial charge in [0.1, 0.15) is 0 Å². The summed E-state index contributed by atoms with van der Waals surface area (Å²) in [6, 6.07) is 5.97. The molecular weight excluding hydrogens is 219 g/mol. The molecule has 16 heavy (non-hydrogen) atoms. The number of nitrogens with one attached hydrogen (secondary N) is 1. The number of anilines is 1. The second-order valence-corrected chi connectivity index (χ2v) is 4.42. The first kappa shape index (κ1) is 12.7. The van der Waals surface area contributed by atoms with Gasteiger partial charge in [-0.15, -0.1) is 13.2 Å². The van der Waals surface area contributed by atoms with Gasteiger partial charge in [0, 0.05) is 5.54 Å². The molecule has 0 bridgehead atoms. The second-order valence-electron chi connectivity index (χ2n) is 4.42. The summed E-state index contributed by atoms with van der Waals surface area (Å²) in [5, 5.41) is 2.95. The summed E-state index contributed by atoms with van der Waals surface area (Å²) in [6.07, 6.45) is -4.67. The van der Waals surface area contributed by atoms with Gasteiger partial charge in [-0.05, 0) is 32.9 Å². The molecule has 0 fully saturated rings. The summed E-state index contributed by atoms with van der Waals surface area (Å²) in [4.78, 5) is 0. The number of para-hydroxylation sites is 2. The van der Waals surface area contributed by atoms with E-state index in [1.54, 1.807) is 12.1 Å². The average molecular weight is 233 g/mol. The van der Waals surface area contributed by atoms with Crippen LogP contribution in [0.4, 0.5) is 18.9 Å². The van der Waals surface area contributed by atoms with Crippen molar-refractivity contribution in [1.82, 2.24) is 0 Å². The van der Waals surface area contributed by atoms with Crippen molar-refractivity contribution in [3.63, 3.8) is 0 Å². The zero-order valence-corrected chi connectivity index (χ0v) is 9.35. The maximum Gasteiger partial charge on any atom is 0.573 e. The Bertz CT molecular complexity index is 320. The van der Waals surface area contributed by atoms with Crippen LogP contribution in [0.5, 0.6) is 5.75 Å². The molecule has 0 amide bonds. The minimum absolute atomic E-state index is 0.218. The number of hydrogen-bond donors (Lipinski definition) is 1. The fourth-order valence-corrected chi connectivity index (χ4v) is 1.19. The van der Waals surface area contributed by atoms with E-state index in [0.29, 0.717) is 5.69 Å². The first-order valence-electron chi connectivity index (χ1n) is 4.80. The van der Waals surface area contributed by atoms with Crippen molar-refractivity contribution in [2.75, 3.05) is 5.32 Å². The quantitative estimate of drug-likeness (QED) is 0.838. The molecule has 0 radical (unpaired) electrons. The lowest BCUT2D eigenvalue weighted by molar-refractivity contribution is -0.274. The van der Waals surface area contributed by atoms with Crippen molar-refractivity contribution < 1.29 is 17.9 Å². The molecule has 0 saturated heterocycles. The molecule has 1 N–H and O–H groups in total. The summed E-state index contributed by atoms with van der Waals surface area (Å²) >= 11 is 0. The molecular formula is C11H14F3NO. The first-order chi connectivity index (χ1) is 7.17. The topological polar surface area (TPSA) is 21.3 Å². The van der Waals surface area contributed by atoms with Crippen LogP contribution in [0.3, 0.4) is 0 Å². The maximum absolute atomic E-state index is 12.1. The smallest absolute Gasteiger partial charge is 0.404 e. The van der Waals surface area contributed by atoms with Crippen LogP contribution < -0.4 is 10.1 Å². The molecule has 1 aromatic carbocycles. The molecule has 0 aromatic heterocycles. The number of alkyl halides is 3. The van der Waals surface area contributed by atoms with Gasteiger partial charge in [-0.25, -0.2) is 0 Å². The summed E-state index contributed by atoms with van der Waals surface area (Å²) in [5.74, 6) is -0.218. The van der Waals surface area contributed by atoms with Crippen LogP contribution in [0.1, 0.15) is 20.8 Å². The predicted molar refractivity (Wildman–Crippen MR) is 56.5 cm³/mol. The zero-order chi connectivity index (χ0) is 12.4. The largest absolute Gasteiger partial charge is 0.573 e. The van der Waals surface area contributed by atoms with E-state index in [4.69, 9.17) is 0 Å². The third-order valence-electron chi connectivity index (χ3n) is 1.62. The van der Waals surface area contributed by atoms with E-state index in [2.05, 4.69) is 10.1 Å². The van der Waals surface area contributed by atoms with Crippen LogP contribution in [0.15, 0.2) is 24.3 Å². The molecule has 0 aliphatic rings. The third kappa shape index (κ3) is 4.42. The van der Waals surface area contributed by atoms with Gasteiger partial charge in [0.15, 0.2) is 5.75 Å². The summed E-state index contributed by atoms with van der Waals surface area (Å²) < 4.78 is 40.2. The Hall–Kier alpha value is -1.39. The Morgan fingerprint density at radius 2 is 1.62 bits per heavy atom. The van der Waals surface area contributed by atoms with E-state index in [-0.39, 0.29) is 11.3 Å². The molecule has 1 aromatic rings. The van der Waals surface area contributed by atoms with Crippen LogP contribution in [0.2, 0.25) is 0 Å². The molecule has 0 saturated carbocycles. The summed E-state index contributed by atoms with van der Waals surface area (Å²) in [7, 11) is 0. The van der Waals surface area contributed by atoms with Gasteiger partial charge >= 0.3 is 6.36 Å². The van der Waals surface area contributed by atoms with Gasteiger partial charge in [0.25, 0.3) is 0 Å². The molecule has 1 rings (SSSR count). The molecule has 0 unspecified atom stereocenters. The van der Waals surface area contributed by atoms with Crippen molar-refractivity contribution in [1.29, 1.82) is 0 Å². The zero-order valence-electron chi connectivity index (χ0n) is 9.35. The number of rotatable bonds is 2. The van der Waals surface area contributed by atoms with Crippen molar-refractivity contribution in [3.05, 3.63) is 24.3 Å². The van der Waals surface area contributed by atoms with Gasteiger partial charge in [0.2, 0.25) is 0 Å². The Morgan fingerprint density at radius 1 is 1.06 bits per heavy atom. The Kier molecular flexibility index (Phi) is 3.35. The Morgan fingerprint density at radius 3 is 2.12 bits per heavy atom. The highest BCUT2D eigenvalue weighted by Gasteiger charge is 2.32. The average Bonchev–Trinajstić information content (AvgIpc) is 2.03. The van der Waals surface area contributed by atoms with Crippen molar-refractivity contribution in [2.45, 2.75) is 32.7 Å². The normalized spacial score (nSPS) is 12.4. The van der Waals surface area contributed by atoms with Gasteiger partial charge in [-0.2, -0.15) is 0 Å². The van der Waals surface area contributed by atoms with Crippen LogP contribution in [0, 0.1) is 0 Å². The SMILES string of the molecule is CC(C)(C)Nc1ccccc1OC(F)(F)F. The molecule has 2 nitrogen and oxygen atoms in total. The van der Waals surface area contributed by atoms with Gasteiger partial charge in [-0.3, -0.25) is 0 Å². The standard InChI is InChI=1S/C11H14F3NO/c1-10(2,3)15-8-6-4-5-7-9(8)16-11(12,13)14/h4-7,15H,1-3H3. The Labute approximate surface area is 92.4 Å². The van der Waals surface area contributed by atoms with E-state index < -0.39 is 6.36 Å².